The van der Waals surface area contributed by atoms with Crippen molar-refractivity contribution in [2.45, 2.75) is 39.2 Å². The molecule has 0 amide bonds. The van der Waals surface area contributed by atoms with Crippen molar-refractivity contribution in [2.24, 2.45) is 0 Å². The van der Waals surface area contributed by atoms with Gasteiger partial charge in [-0.05, 0) is 19.4 Å². The second-order valence-corrected chi connectivity index (χ2v) is 4.75. The molecule has 0 spiro atoms. The zero-order chi connectivity index (χ0) is 13.0. The highest BCUT2D eigenvalue weighted by molar-refractivity contribution is 5.38. The third-order valence-electron chi connectivity index (χ3n) is 3.35. The smallest absolute Gasteiger partial charge is 0.252 e. The van der Waals surface area contributed by atoms with Gasteiger partial charge in [-0.25, -0.2) is 4.98 Å². The standard InChI is InChI=1S/C13H22N4O/c1-3-11-15-12(8-13(18)16-11)17-7-5-6-10(9-17)14-4-2/h8,10,14H,3-7,9H2,1-2H3,(H,15,16,18). The summed E-state index contributed by atoms with van der Waals surface area (Å²) in [6.07, 6.45) is 3.11. The summed E-state index contributed by atoms with van der Waals surface area (Å²) in [6.45, 7) is 7.04. The summed E-state index contributed by atoms with van der Waals surface area (Å²) in [5.74, 6) is 1.58. The van der Waals surface area contributed by atoms with Crippen molar-refractivity contribution in [1.82, 2.24) is 15.3 Å². The molecule has 0 radical (unpaired) electrons. The van der Waals surface area contributed by atoms with Crippen LogP contribution in [0.2, 0.25) is 0 Å². The van der Waals surface area contributed by atoms with Gasteiger partial charge in [0.1, 0.15) is 11.6 Å². The SMILES string of the molecule is CCNC1CCCN(c2cc(=O)[nH]c(CC)n2)C1. The molecule has 1 unspecified atom stereocenters. The monoisotopic (exact) mass is 250 g/mol. The highest BCUT2D eigenvalue weighted by atomic mass is 16.1. The zero-order valence-electron chi connectivity index (χ0n) is 11.2. The molecule has 1 aliphatic heterocycles. The maximum Gasteiger partial charge on any atom is 0.252 e. The van der Waals surface area contributed by atoms with Crippen LogP contribution < -0.4 is 15.8 Å². The minimum Gasteiger partial charge on any atom is -0.355 e. The number of aromatic amines is 1. The number of hydrogen-bond donors (Lipinski definition) is 2. The molecule has 1 aromatic heterocycles. The van der Waals surface area contributed by atoms with E-state index < -0.39 is 0 Å². The molecule has 1 fully saturated rings. The lowest BCUT2D eigenvalue weighted by molar-refractivity contribution is 0.429. The largest absolute Gasteiger partial charge is 0.355 e. The number of H-pyrrole nitrogens is 1. The van der Waals surface area contributed by atoms with Gasteiger partial charge in [-0.15, -0.1) is 0 Å². The number of nitrogens with zero attached hydrogens (tertiary/aromatic N) is 2. The van der Waals surface area contributed by atoms with Gasteiger partial charge in [0.05, 0.1) is 0 Å². The minimum atomic E-state index is -0.0533. The molecule has 2 heterocycles. The fourth-order valence-corrected chi connectivity index (χ4v) is 2.46. The fraction of sp³-hybridized carbons (Fsp3) is 0.692. The summed E-state index contributed by atoms with van der Waals surface area (Å²) >= 11 is 0. The quantitative estimate of drug-likeness (QED) is 0.834. The first kappa shape index (κ1) is 13.1. The molecule has 2 rings (SSSR count). The van der Waals surface area contributed by atoms with E-state index in [1.54, 1.807) is 6.07 Å². The van der Waals surface area contributed by atoms with Crippen molar-refractivity contribution in [3.05, 3.63) is 22.2 Å². The van der Waals surface area contributed by atoms with Crippen LogP contribution >= 0.6 is 0 Å². The van der Waals surface area contributed by atoms with Gasteiger partial charge >= 0.3 is 0 Å². The Hall–Kier alpha value is -1.36. The van der Waals surface area contributed by atoms with E-state index in [0.717, 1.165) is 44.1 Å². The molecule has 5 nitrogen and oxygen atoms in total. The van der Waals surface area contributed by atoms with E-state index >= 15 is 0 Å². The number of aryl methyl sites for hydroxylation is 1. The number of likely N-dealkylation sites (N-methyl/N-ethyl adjacent to an activating group) is 1. The number of piperidine rings is 1. The van der Waals surface area contributed by atoms with Gasteiger partial charge in [0.25, 0.3) is 5.56 Å². The Balaban J connectivity index is 2.15. The Morgan fingerprint density at radius 3 is 3.11 bits per heavy atom. The van der Waals surface area contributed by atoms with Crippen LogP contribution in [0.4, 0.5) is 5.82 Å². The van der Waals surface area contributed by atoms with E-state index in [9.17, 15) is 4.79 Å². The van der Waals surface area contributed by atoms with Crippen LogP contribution in [-0.2, 0) is 6.42 Å². The average molecular weight is 250 g/mol. The van der Waals surface area contributed by atoms with Crippen molar-refractivity contribution in [1.29, 1.82) is 0 Å². The Kier molecular flexibility index (Phi) is 4.36. The maximum absolute atomic E-state index is 11.6. The molecule has 1 aliphatic rings. The lowest BCUT2D eigenvalue weighted by Crippen LogP contribution is -2.46. The molecule has 1 atom stereocenters. The molecule has 100 valence electrons. The van der Waals surface area contributed by atoms with Crippen molar-refractivity contribution < 1.29 is 0 Å². The summed E-state index contributed by atoms with van der Waals surface area (Å²) in [5.41, 5.74) is -0.0533. The van der Waals surface area contributed by atoms with Crippen molar-refractivity contribution >= 4 is 5.82 Å². The van der Waals surface area contributed by atoms with Gasteiger partial charge in [0, 0.05) is 31.6 Å². The van der Waals surface area contributed by atoms with Gasteiger partial charge in [-0.3, -0.25) is 4.79 Å². The second kappa shape index (κ2) is 6.00. The third kappa shape index (κ3) is 3.10. The van der Waals surface area contributed by atoms with Crippen molar-refractivity contribution in [2.75, 3.05) is 24.5 Å². The fourth-order valence-electron chi connectivity index (χ4n) is 2.46. The summed E-state index contributed by atoms with van der Waals surface area (Å²) < 4.78 is 0. The van der Waals surface area contributed by atoms with E-state index in [1.165, 1.54) is 6.42 Å². The van der Waals surface area contributed by atoms with Gasteiger partial charge < -0.3 is 15.2 Å². The van der Waals surface area contributed by atoms with Gasteiger partial charge in [0.15, 0.2) is 0 Å². The molecule has 18 heavy (non-hydrogen) atoms. The van der Waals surface area contributed by atoms with Crippen molar-refractivity contribution in [3.8, 4) is 0 Å². The number of anilines is 1. The van der Waals surface area contributed by atoms with Gasteiger partial charge in [-0.2, -0.15) is 0 Å². The molecule has 0 saturated carbocycles. The Labute approximate surface area is 108 Å². The number of nitrogens with one attached hydrogen (secondary N) is 2. The first-order chi connectivity index (χ1) is 8.72. The predicted molar refractivity (Wildman–Crippen MR) is 73.1 cm³/mol. The maximum atomic E-state index is 11.6. The molecule has 0 aromatic carbocycles. The number of aromatic nitrogens is 2. The molecule has 0 aliphatic carbocycles. The Bertz CT molecular complexity index is 441. The lowest BCUT2D eigenvalue weighted by atomic mass is 10.1. The highest BCUT2D eigenvalue weighted by Gasteiger charge is 2.20. The molecule has 5 heteroatoms. The number of hydrogen-bond acceptors (Lipinski definition) is 4. The van der Waals surface area contributed by atoms with Gasteiger partial charge in [0.2, 0.25) is 0 Å². The first-order valence-corrected chi connectivity index (χ1v) is 6.81. The Morgan fingerprint density at radius 1 is 1.56 bits per heavy atom. The van der Waals surface area contributed by atoms with E-state index in [4.69, 9.17) is 0 Å². The predicted octanol–water partition coefficient (Wildman–Crippen LogP) is 0.911. The summed E-state index contributed by atoms with van der Waals surface area (Å²) in [7, 11) is 0. The van der Waals surface area contributed by atoms with Crippen LogP contribution in [0.1, 0.15) is 32.5 Å². The average Bonchev–Trinajstić information content (AvgIpc) is 2.39. The van der Waals surface area contributed by atoms with E-state index in [0.29, 0.717) is 6.04 Å². The summed E-state index contributed by atoms with van der Waals surface area (Å²) in [5, 5.41) is 3.47. The lowest BCUT2D eigenvalue weighted by Gasteiger charge is -2.33. The molecule has 1 aromatic rings. The van der Waals surface area contributed by atoms with E-state index in [-0.39, 0.29) is 5.56 Å². The summed E-state index contributed by atoms with van der Waals surface area (Å²) in [4.78, 5) is 21.1. The summed E-state index contributed by atoms with van der Waals surface area (Å²) in [6, 6.07) is 2.11. The first-order valence-electron chi connectivity index (χ1n) is 6.81. The van der Waals surface area contributed by atoms with Crippen LogP contribution in [-0.4, -0.2) is 35.6 Å². The van der Waals surface area contributed by atoms with Crippen molar-refractivity contribution in [3.63, 3.8) is 0 Å². The molecule has 1 saturated heterocycles. The van der Waals surface area contributed by atoms with Crippen LogP contribution in [0.5, 0.6) is 0 Å². The highest BCUT2D eigenvalue weighted by Crippen LogP contribution is 2.16. The normalized spacial score (nSPS) is 20.1. The topological polar surface area (TPSA) is 61.0 Å². The Morgan fingerprint density at radius 2 is 2.39 bits per heavy atom. The zero-order valence-corrected chi connectivity index (χ0v) is 11.2. The van der Waals surface area contributed by atoms with E-state index in [2.05, 4.69) is 27.1 Å². The molecular formula is C13H22N4O. The third-order valence-corrected chi connectivity index (χ3v) is 3.35. The second-order valence-electron chi connectivity index (χ2n) is 4.75. The van der Waals surface area contributed by atoms with Gasteiger partial charge in [-0.1, -0.05) is 13.8 Å². The molecular weight excluding hydrogens is 228 g/mol. The molecule has 0 bridgehead atoms. The van der Waals surface area contributed by atoms with E-state index in [1.807, 2.05) is 6.92 Å². The number of rotatable bonds is 4. The van der Waals surface area contributed by atoms with Crippen LogP contribution in [0.15, 0.2) is 10.9 Å². The van der Waals surface area contributed by atoms with Crippen LogP contribution in [0, 0.1) is 0 Å². The minimum absolute atomic E-state index is 0.0533. The van der Waals surface area contributed by atoms with Crippen LogP contribution in [0.25, 0.3) is 0 Å². The van der Waals surface area contributed by atoms with Crippen LogP contribution in [0.3, 0.4) is 0 Å². The molecule has 2 N–H and O–H groups in total.